The molecule has 2 atom stereocenters. The van der Waals surface area contributed by atoms with Crippen molar-refractivity contribution in [2.24, 2.45) is 0 Å². The molecule has 2 aliphatic heterocycles. The van der Waals surface area contributed by atoms with Crippen LogP contribution in [-0.4, -0.2) is 41.1 Å². The summed E-state index contributed by atoms with van der Waals surface area (Å²) < 4.78 is 4.59. The highest BCUT2D eigenvalue weighted by Gasteiger charge is 2.49. The second-order valence-electron chi connectivity index (χ2n) is 2.83. The van der Waals surface area contributed by atoms with Crippen LogP contribution in [0.4, 0.5) is 0 Å². The molecule has 4 nitrogen and oxygen atoms in total. The molecule has 0 radical (unpaired) electrons. The van der Waals surface area contributed by atoms with E-state index in [0.29, 0.717) is 12.2 Å². The van der Waals surface area contributed by atoms with E-state index in [2.05, 4.69) is 4.74 Å². The Hall–Kier alpha value is -0.710. The molecule has 0 spiro atoms. The highest BCUT2D eigenvalue weighted by molar-refractivity contribution is 8.00. The number of methoxy groups -OCH3 is 1. The molecule has 12 heavy (non-hydrogen) atoms. The summed E-state index contributed by atoms with van der Waals surface area (Å²) >= 11 is 1.65. The second-order valence-corrected chi connectivity index (χ2v) is 4.04. The molecule has 0 saturated carbocycles. The Labute approximate surface area is 74.2 Å². The van der Waals surface area contributed by atoms with Gasteiger partial charge in [0.15, 0.2) is 0 Å². The standard InChI is InChI=1S/C7H9NO3S/c1-11-7(10)4-3-12-6-2-5(9)8(4)6/h4,6H,2-3H2,1H3/t4?,6-/m1/s1. The van der Waals surface area contributed by atoms with Crippen molar-refractivity contribution < 1.29 is 14.3 Å². The smallest absolute Gasteiger partial charge is 0.329 e. The monoisotopic (exact) mass is 187 g/mol. The number of ether oxygens (including phenoxy) is 1. The number of β-lactam (4-membered cyclic amide) rings is 1. The predicted molar refractivity (Wildman–Crippen MR) is 43.5 cm³/mol. The molecule has 0 aromatic carbocycles. The van der Waals surface area contributed by atoms with Crippen LogP contribution in [0.25, 0.3) is 0 Å². The summed E-state index contributed by atoms with van der Waals surface area (Å²) in [7, 11) is 1.35. The van der Waals surface area contributed by atoms with Gasteiger partial charge < -0.3 is 9.64 Å². The van der Waals surface area contributed by atoms with Crippen LogP contribution < -0.4 is 0 Å². The van der Waals surface area contributed by atoms with Crippen molar-refractivity contribution in [3.63, 3.8) is 0 Å². The lowest BCUT2D eigenvalue weighted by Gasteiger charge is -2.36. The van der Waals surface area contributed by atoms with Crippen LogP contribution in [0.2, 0.25) is 0 Å². The van der Waals surface area contributed by atoms with Gasteiger partial charge in [0, 0.05) is 5.75 Å². The average molecular weight is 187 g/mol. The summed E-state index contributed by atoms with van der Waals surface area (Å²) in [5.74, 6) is 0.460. The number of fused-ring (bicyclic) bond motifs is 1. The van der Waals surface area contributed by atoms with Gasteiger partial charge in [0.05, 0.1) is 18.9 Å². The van der Waals surface area contributed by atoms with Crippen molar-refractivity contribution in [3.8, 4) is 0 Å². The first-order valence-corrected chi connectivity index (χ1v) is 4.79. The van der Waals surface area contributed by atoms with Gasteiger partial charge in [-0.3, -0.25) is 4.79 Å². The summed E-state index contributed by atoms with van der Waals surface area (Å²) in [5.41, 5.74) is 0. The number of nitrogens with zero attached hydrogens (tertiary/aromatic N) is 1. The Morgan fingerprint density at radius 1 is 1.75 bits per heavy atom. The number of hydrogen-bond acceptors (Lipinski definition) is 4. The van der Waals surface area contributed by atoms with Crippen molar-refractivity contribution in [1.82, 2.24) is 4.90 Å². The van der Waals surface area contributed by atoms with Crippen LogP contribution in [0, 0.1) is 0 Å². The Balaban J connectivity index is 2.08. The van der Waals surface area contributed by atoms with E-state index < -0.39 is 0 Å². The van der Waals surface area contributed by atoms with Crippen molar-refractivity contribution in [3.05, 3.63) is 0 Å². The molecule has 0 N–H and O–H groups in total. The molecule has 0 bridgehead atoms. The zero-order valence-electron chi connectivity index (χ0n) is 6.65. The van der Waals surface area contributed by atoms with E-state index in [9.17, 15) is 9.59 Å². The highest BCUT2D eigenvalue weighted by Crippen LogP contribution is 2.39. The van der Waals surface area contributed by atoms with E-state index in [1.807, 2.05) is 0 Å². The van der Waals surface area contributed by atoms with Gasteiger partial charge in [0.2, 0.25) is 5.91 Å². The predicted octanol–water partition coefficient (Wildman–Crippen LogP) is -0.167. The Kier molecular flexibility index (Phi) is 1.75. The van der Waals surface area contributed by atoms with E-state index in [4.69, 9.17) is 0 Å². The molecule has 2 rings (SSSR count). The fourth-order valence-electron chi connectivity index (χ4n) is 1.52. The van der Waals surface area contributed by atoms with Crippen molar-refractivity contribution in [1.29, 1.82) is 0 Å². The quantitative estimate of drug-likeness (QED) is 0.422. The molecule has 1 unspecified atom stereocenters. The molecular weight excluding hydrogens is 178 g/mol. The highest BCUT2D eigenvalue weighted by atomic mass is 32.2. The minimum atomic E-state index is -0.328. The molecule has 2 fully saturated rings. The maximum Gasteiger partial charge on any atom is 0.329 e. The van der Waals surface area contributed by atoms with Crippen LogP contribution in [0.1, 0.15) is 6.42 Å². The Morgan fingerprint density at radius 3 is 3.08 bits per heavy atom. The molecular formula is C7H9NO3S. The molecule has 2 aliphatic rings. The number of rotatable bonds is 1. The summed E-state index contributed by atoms with van der Waals surface area (Å²) in [6, 6.07) is -0.328. The summed E-state index contributed by atoms with van der Waals surface area (Å²) in [5, 5.41) is 0.238. The third kappa shape index (κ3) is 0.924. The van der Waals surface area contributed by atoms with E-state index >= 15 is 0 Å². The lowest BCUT2D eigenvalue weighted by molar-refractivity contribution is -0.157. The molecule has 66 valence electrons. The maximum absolute atomic E-state index is 11.1. The van der Waals surface area contributed by atoms with Crippen LogP contribution >= 0.6 is 11.8 Å². The normalized spacial score (nSPS) is 32.8. The van der Waals surface area contributed by atoms with Crippen molar-refractivity contribution in [2.75, 3.05) is 12.9 Å². The minimum Gasteiger partial charge on any atom is -0.467 e. The Morgan fingerprint density at radius 2 is 2.50 bits per heavy atom. The fraction of sp³-hybridized carbons (Fsp3) is 0.714. The number of esters is 1. The Bertz CT molecular complexity index is 243. The van der Waals surface area contributed by atoms with E-state index in [1.54, 1.807) is 16.7 Å². The summed E-state index contributed by atoms with van der Waals surface area (Å²) in [6.07, 6.45) is 0.582. The molecule has 1 amide bonds. The molecule has 2 heterocycles. The molecule has 2 saturated heterocycles. The second kappa shape index (κ2) is 2.65. The van der Waals surface area contributed by atoms with E-state index in [0.717, 1.165) is 0 Å². The first kappa shape index (κ1) is 7.91. The van der Waals surface area contributed by atoms with Gasteiger partial charge >= 0.3 is 5.97 Å². The molecule has 0 aliphatic carbocycles. The van der Waals surface area contributed by atoms with E-state index in [-0.39, 0.29) is 23.3 Å². The van der Waals surface area contributed by atoms with Crippen LogP contribution in [-0.2, 0) is 14.3 Å². The molecule has 0 aromatic rings. The summed E-state index contributed by atoms with van der Waals surface area (Å²) in [6.45, 7) is 0. The van der Waals surface area contributed by atoms with Crippen LogP contribution in [0.3, 0.4) is 0 Å². The fourth-order valence-corrected chi connectivity index (χ4v) is 2.90. The lowest BCUT2D eigenvalue weighted by atomic mass is 10.1. The summed E-state index contributed by atoms with van der Waals surface area (Å²) in [4.78, 5) is 23.8. The lowest BCUT2D eigenvalue weighted by Crippen LogP contribution is -2.54. The minimum absolute atomic E-state index is 0.0698. The SMILES string of the molecule is COC(=O)C1CS[C@@H]2CC(=O)N12. The van der Waals surface area contributed by atoms with E-state index in [1.165, 1.54) is 7.11 Å². The van der Waals surface area contributed by atoms with Crippen molar-refractivity contribution in [2.45, 2.75) is 17.8 Å². The molecule has 5 heteroatoms. The van der Waals surface area contributed by atoms with Gasteiger partial charge in [-0.25, -0.2) is 4.79 Å². The topological polar surface area (TPSA) is 46.6 Å². The average Bonchev–Trinajstić information content (AvgIpc) is 2.40. The number of carbonyl (C=O) groups excluding carboxylic acids is 2. The zero-order chi connectivity index (χ0) is 8.72. The van der Waals surface area contributed by atoms with Gasteiger partial charge in [0.25, 0.3) is 0 Å². The van der Waals surface area contributed by atoms with Gasteiger partial charge in [-0.15, -0.1) is 11.8 Å². The van der Waals surface area contributed by atoms with Crippen LogP contribution in [0.15, 0.2) is 0 Å². The number of hydrogen-bond donors (Lipinski definition) is 0. The van der Waals surface area contributed by atoms with Gasteiger partial charge in [-0.1, -0.05) is 0 Å². The number of carbonyl (C=O) groups is 2. The zero-order valence-corrected chi connectivity index (χ0v) is 7.47. The molecule has 0 aromatic heterocycles. The third-order valence-electron chi connectivity index (χ3n) is 2.20. The first-order valence-electron chi connectivity index (χ1n) is 3.74. The van der Waals surface area contributed by atoms with Crippen molar-refractivity contribution >= 4 is 23.6 Å². The largest absolute Gasteiger partial charge is 0.467 e. The number of amides is 1. The third-order valence-corrected chi connectivity index (χ3v) is 3.49. The van der Waals surface area contributed by atoms with Gasteiger partial charge in [-0.05, 0) is 0 Å². The van der Waals surface area contributed by atoms with Gasteiger partial charge in [0.1, 0.15) is 6.04 Å². The van der Waals surface area contributed by atoms with Gasteiger partial charge in [-0.2, -0.15) is 0 Å². The first-order chi connectivity index (χ1) is 5.74. The maximum atomic E-state index is 11.1. The number of thioether (sulfide) groups is 1. The van der Waals surface area contributed by atoms with Crippen LogP contribution in [0.5, 0.6) is 0 Å².